The number of nitrogens with zero attached hydrogens (tertiary/aromatic N) is 3. The van der Waals surface area contributed by atoms with E-state index in [0.717, 1.165) is 15.2 Å². The van der Waals surface area contributed by atoms with E-state index in [4.69, 9.17) is 0 Å². The van der Waals surface area contributed by atoms with Gasteiger partial charge in [-0.25, -0.2) is 0 Å². The standard InChI is InChI=1S/C19H21N3O2S/c1-14-5-11-17(12-6-14)25(23,24)22-13-18(20-21-22)15-7-9-16(10-8-15)19(2,3)4/h5-13H,1-4H3. The summed E-state index contributed by atoms with van der Waals surface area (Å²) in [7, 11) is -3.73. The third-order valence-electron chi connectivity index (χ3n) is 4.09. The van der Waals surface area contributed by atoms with Crippen LogP contribution >= 0.6 is 0 Å². The van der Waals surface area contributed by atoms with Crippen LogP contribution in [0.1, 0.15) is 31.9 Å². The third kappa shape index (κ3) is 3.49. The van der Waals surface area contributed by atoms with E-state index in [1.807, 2.05) is 31.2 Å². The molecule has 1 heterocycles. The molecule has 0 aliphatic carbocycles. The summed E-state index contributed by atoms with van der Waals surface area (Å²) in [5.74, 6) is 0. The molecule has 6 heteroatoms. The summed E-state index contributed by atoms with van der Waals surface area (Å²) in [6.45, 7) is 8.34. The van der Waals surface area contributed by atoms with Gasteiger partial charge in [0.05, 0.1) is 11.1 Å². The summed E-state index contributed by atoms with van der Waals surface area (Å²) in [5.41, 5.74) is 3.62. The molecule has 0 bridgehead atoms. The van der Waals surface area contributed by atoms with E-state index in [-0.39, 0.29) is 10.3 Å². The predicted molar refractivity (Wildman–Crippen MR) is 97.9 cm³/mol. The van der Waals surface area contributed by atoms with Crippen molar-refractivity contribution in [2.24, 2.45) is 0 Å². The van der Waals surface area contributed by atoms with E-state index in [0.29, 0.717) is 5.69 Å². The molecule has 25 heavy (non-hydrogen) atoms. The summed E-state index contributed by atoms with van der Waals surface area (Å²) in [4.78, 5) is 0.192. The highest BCUT2D eigenvalue weighted by Crippen LogP contribution is 2.25. The van der Waals surface area contributed by atoms with Gasteiger partial charge in [-0.15, -0.1) is 9.19 Å². The molecule has 2 aromatic carbocycles. The highest BCUT2D eigenvalue weighted by molar-refractivity contribution is 7.89. The van der Waals surface area contributed by atoms with Crippen molar-refractivity contribution in [1.29, 1.82) is 0 Å². The van der Waals surface area contributed by atoms with Crippen molar-refractivity contribution < 1.29 is 8.42 Å². The quantitative estimate of drug-likeness (QED) is 0.717. The molecule has 0 radical (unpaired) electrons. The molecule has 0 aliphatic rings. The SMILES string of the molecule is Cc1ccc(S(=O)(=O)n2cc(-c3ccc(C(C)(C)C)cc3)nn2)cc1. The second-order valence-electron chi connectivity index (χ2n) is 7.12. The molecular weight excluding hydrogens is 334 g/mol. The predicted octanol–water partition coefficient (Wildman–Crippen LogP) is 3.79. The number of aromatic nitrogens is 3. The Kier molecular flexibility index (Phi) is 4.24. The number of benzene rings is 2. The van der Waals surface area contributed by atoms with Crippen LogP contribution in [-0.4, -0.2) is 22.8 Å². The van der Waals surface area contributed by atoms with E-state index >= 15 is 0 Å². The summed E-state index contributed by atoms with van der Waals surface area (Å²) in [6, 6.07) is 14.6. The molecule has 3 aromatic rings. The Morgan fingerprint density at radius 2 is 1.52 bits per heavy atom. The van der Waals surface area contributed by atoms with Gasteiger partial charge in [-0.1, -0.05) is 67.9 Å². The van der Waals surface area contributed by atoms with Crippen molar-refractivity contribution >= 4 is 10.0 Å². The molecule has 0 fully saturated rings. The van der Waals surface area contributed by atoms with E-state index in [2.05, 4.69) is 31.1 Å². The molecule has 0 spiro atoms. The minimum Gasteiger partial charge on any atom is -0.199 e. The highest BCUT2D eigenvalue weighted by Gasteiger charge is 2.19. The Labute approximate surface area is 148 Å². The van der Waals surface area contributed by atoms with Gasteiger partial charge in [0.1, 0.15) is 5.69 Å². The van der Waals surface area contributed by atoms with Crippen molar-refractivity contribution in [3.63, 3.8) is 0 Å². The minimum absolute atomic E-state index is 0.0604. The lowest BCUT2D eigenvalue weighted by Gasteiger charge is -2.18. The van der Waals surface area contributed by atoms with Gasteiger partial charge in [0.15, 0.2) is 0 Å². The normalized spacial score (nSPS) is 12.3. The zero-order valence-electron chi connectivity index (χ0n) is 14.8. The maximum absolute atomic E-state index is 12.6. The summed E-state index contributed by atoms with van der Waals surface area (Å²) in [5, 5.41) is 7.83. The fraction of sp³-hybridized carbons (Fsp3) is 0.263. The molecule has 0 saturated heterocycles. The molecule has 0 unspecified atom stereocenters. The molecule has 0 atom stereocenters. The van der Waals surface area contributed by atoms with E-state index in [1.165, 1.54) is 11.8 Å². The van der Waals surface area contributed by atoms with Gasteiger partial charge in [0, 0.05) is 5.56 Å². The molecule has 0 aliphatic heterocycles. The maximum atomic E-state index is 12.6. The Bertz CT molecular complexity index is 980. The van der Waals surface area contributed by atoms with Crippen LogP contribution in [0, 0.1) is 6.92 Å². The van der Waals surface area contributed by atoms with E-state index in [1.54, 1.807) is 24.3 Å². The second-order valence-corrected chi connectivity index (χ2v) is 8.92. The summed E-state index contributed by atoms with van der Waals surface area (Å²) < 4.78 is 26.2. The molecule has 0 N–H and O–H groups in total. The van der Waals surface area contributed by atoms with Crippen LogP contribution < -0.4 is 0 Å². The topological polar surface area (TPSA) is 64.8 Å². The Morgan fingerprint density at radius 1 is 0.920 bits per heavy atom. The molecule has 0 amide bonds. The largest absolute Gasteiger partial charge is 0.284 e. The zero-order valence-corrected chi connectivity index (χ0v) is 15.6. The van der Waals surface area contributed by atoms with Crippen LogP contribution in [0.4, 0.5) is 0 Å². The van der Waals surface area contributed by atoms with Gasteiger partial charge >= 0.3 is 0 Å². The van der Waals surface area contributed by atoms with Gasteiger partial charge < -0.3 is 0 Å². The monoisotopic (exact) mass is 355 g/mol. The number of rotatable bonds is 3. The first-order valence-electron chi connectivity index (χ1n) is 8.03. The molecular formula is C19H21N3O2S. The van der Waals surface area contributed by atoms with Gasteiger partial charge in [-0.05, 0) is 30.0 Å². The Balaban J connectivity index is 1.93. The van der Waals surface area contributed by atoms with Crippen LogP contribution in [0.15, 0.2) is 59.6 Å². The zero-order chi connectivity index (χ0) is 18.2. The first-order valence-corrected chi connectivity index (χ1v) is 9.47. The first kappa shape index (κ1) is 17.4. The van der Waals surface area contributed by atoms with Gasteiger partial charge in [0.25, 0.3) is 10.0 Å². The number of hydrogen-bond acceptors (Lipinski definition) is 4. The fourth-order valence-corrected chi connectivity index (χ4v) is 3.52. The lowest BCUT2D eigenvalue weighted by molar-refractivity contribution is 0.577. The van der Waals surface area contributed by atoms with Crippen molar-refractivity contribution in [1.82, 2.24) is 14.4 Å². The average molecular weight is 355 g/mol. The van der Waals surface area contributed by atoms with Gasteiger partial charge in [0.2, 0.25) is 0 Å². The summed E-state index contributed by atoms with van der Waals surface area (Å²) >= 11 is 0. The van der Waals surface area contributed by atoms with Crippen molar-refractivity contribution in [3.05, 3.63) is 65.9 Å². The molecule has 5 nitrogen and oxygen atoms in total. The molecule has 130 valence electrons. The minimum atomic E-state index is -3.73. The molecule has 0 saturated carbocycles. The van der Waals surface area contributed by atoms with Crippen LogP contribution in [-0.2, 0) is 15.4 Å². The number of hydrogen-bond donors (Lipinski definition) is 0. The lowest BCUT2D eigenvalue weighted by atomic mass is 9.86. The maximum Gasteiger partial charge on any atom is 0.284 e. The van der Waals surface area contributed by atoms with Crippen molar-refractivity contribution in [2.45, 2.75) is 38.0 Å². The lowest BCUT2D eigenvalue weighted by Crippen LogP contribution is -2.13. The van der Waals surface area contributed by atoms with Crippen molar-refractivity contribution in [2.75, 3.05) is 0 Å². The summed E-state index contributed by atoms with van der Waals surface area (Å²) in [6.07, 6.45) is 1.45. The third-order valence-corrected chi connectivity index (χ3v) is 5.62. The number of aryl methyl sites for hydroxylation is 1. The van der Waals surface area contributed by atoms with Gasteiger partial charge in [-0.2, -0.15) is 8.42 Å². The average Bonchev–Trinajstić information content (AvgIpc) is 3.05. The Hall–Kier alpha value is -2.47. The molecule has 1 aromatic heterocycles. The smallest absolute Gasteiger partial charge is 0.199 e. The van der Waals surface area contributed by atoms with Crippen LogP contribution in [0.5, 0.6) is 0 Å². The van der Waals surface area contributed by atoms with E-state index in [9.17, 15) is 8.42 Å². The molecule has 3 rings (SSSR count). The fourth-order valence-electron chi connectivity index (χ4n) is 2.46. The van der Waals surface area contributed by atoms with E-state index < -0.39 is 10.0 Å². The van der Waals surface area contributed by atoms with Crippen molar-refractivity contribution in [3.8, 4) is 11.3 Å². The second kappa shape index (κ2) is 6.11. The van der Waals surface area contributed by atoms with Crippen LogP contribution in [0.3, 0.4) is 0 Å². The highest BCUT2D eigenvalue weighted by atomic mass is 32.2. The first-order chi connectivity index (χ1) is 11.7. The van der Waals surface area contributed by atoms with Gasteiger partial charge in [-0.3, -0.25) is 0 Å². The Morgan fingerprint density at radius 3 is 2.08 bits per heavy atom. The van der Waals surface area contributed by atoms with Crippen LogP contribution in [0.2, 0.25) is 0 Å². The van der Waals surface area contributed by atoms with Crippen LogP contribution in [0.25, 0.3) is 11.3 Å².